The lowest BCUT2D eigenvalue weighted by molar-refractivity contribution is -0.126. The van der Waals surface area contributed by atoms with Crippen molar-refractivity contribution in [2.45, 2.75) is 162 Å². The molecule has 0 aliphatic rings. The number of hydrogen-bond acceptors (Lipinski definition) is 6. The highest BCUT2D eigenvalue weighted by atomic mass is 16.3. The summed E-state index contributed by atoms with van der Waals surface area (Å²) in [5.74, 6) is -2.12. The second kappa shape index (κ2) is 26.7. The maximum atomic E-state index is 12.8. The molecule has 2 aromatic carbocycles. The van der Waals surface area contributed by atoms with Gasteiger partial charge in [-0.05, 0) is 80.3 Å². The lowest BCUT2D eigenvalue weighted by Gasteiger charge is -2.16. The van der Waals surface area contributed by atoms with Crippen LogP contribution in [0, 0.1) is 5.92 Å². The van der Waals surface area contributed by atoms with Gasteiger partial charge < -0.3 is 10.2 Å². The van der Waals surface area contributed by atoms with Crippen LogP contribution in [-0.2, 0) is 22.4 Å². The van der Waals surface area contributed by atoms with Crippen molar-refractivity contribution in [1.29, 1.82) is 0 Å². The van der Waals surface area contributed by atoms with E-state index in [0.717, 1.165) is 75.3 Å². The van der Waals surface area contributed by atoms with Crippen molar-refractivity contribution in [3.8, 4) is 11.5 Å². The molecule has 1 unspecified atom stereocenters. The van der Waals surface area contributed by atoms with E-state index in [2.05, 4.69) is 35.6 Å². The van der Waals surface area contributed by atoms with Gasteiger partial charge in [0, 0.05) is 12.3 Å². The second-order valence-electron chi connectivity index (χ2n) is 14.1. The van der Waals surface area contributed by atoms with Crippen molar-refractivity contribution in [1.82, 2.24) is 21.7 Å². The van der Waals surface area contributed by atoms with E-state index in [4.69, 9.17) is 0 Å². The minimum Gasteiger partial charge on any atom is -0.507 e. The number of aromatic hydroxyl groups is 2. The summed E-state index contributed by atoms with van der Waals surface area (Å²) >= 11 is 0. The summed E-state index contributed by atoms with van der Waals surface area (Å²) in [6.07, 6.45) is 21.6. The van der Waals surface area contributed by atoms with Gasteiger partial charge in [-0.15, -0.1) is 0 Å². The quantitative estimate of drug-likeness (QED) is 0.0421. The van der Waals surface area contributed by atoms with Gasteiger partial charge in [0.25, 0.3) is 11.8 Å². The van der Waals surface area contributed by atoms with Crippen LogP contribution in [0.15, 0.2) is 36.4 Å². The van der Waals surface area contributed by atoms with Crippen molar-refractivity contribution in [2.75, 3.05) is 0 Å². The van der Waals surface area contributed by atoms with Gasteiger partial charge >= 0.3 is 0 Å². The standard InChI is InChI=1S/C42H66N4O6/c1-4-7-9-11-14-18-22-32-26-28-37(47)35(30-32)41(51)45-43-39(49)25-21-17-13-16-20-24-34(6-3)40(50)44-46-42(52)36-31-33(27-29-38(36)48)23-19-15-12-10-8-5-2/h26-31,34,47-48H,4-25H2,1-3H3,(H,43,49)(H,44,50)(H,45,51)(H,46,52). The van der Waals surface area contributed by atoms with Crippen LogP contribution in [0.1, 0.15) is 181 Å². The summed E-state index contributed by atoms with van der Waals surface area (Å²) < 4.78 is 0. The Balaban J connectivity index is 1.61. The lowest BCUT2D eigenvalue weighted by Crippen LogP contribution is -2.44. The molecule has 0 aromatic heterocycles. The summed E-state index contributed by atoms with van der Waals surface area (Å²) in [4.78, 5) is 50.5. The Morgan fingerprint density at radius 2 is 0.981 bits per heavy atom. The van der Waals surface area contributed by atoms with E-state index in [1.165, 1.54) is 63.5 Å². The van der Waals surface area contributed by atoms with E-state index in [9.17, 15) is 29.4 Å². The third-order valence-corrected chi connectivity index (χ3v) is 9.68. The van der Waals surface area contributed by atoms with E-state index >= 15 is 0 Å². The minimum absolute atomic E-state index is 0.118. The van der Waals surface area contributed by atoms with Gasteiger partial charge in [0.2, 0.25) is 11.8 Å². The number of amides is 4. The van der Waals surface area contributed by atoms with Crippen LogP contribution >= 0.6 is 0 Å². The molecule has 52 heavy (non-hydrogen) atoms. The Labute approximate surface area is 312 Å². The average molecular weight is 723 g/mol. The zero-order valence-electron chi connectivity index (χ0n) is 32.1. The van der Waals surface area contributed by atoms with E-state index in [-0.39, 0.29) is 46.8 Å². The molecule has 10 nitrogen and oxygen atoms in total. The van der Waals surface area contributed by atoms with Crippen molar-refractivity contribution < 1.29 is 29.4 Å². The third-order valence-electron chi connectivity index (χ3n) is 9.68. The number of nitrogens with one attached hydrogen (secondary N) is 4. The van der Waals surface area contributed by atoms with Gasteiger partial charge in [0.1, 0.15) is 11.5 Å². The van der Waals surface area contributed by atoms with Crippen molar-refractivity contribution >= 4 is 23.6 Å². The fourth-order valence-electron chi connectivity index (χ4n) is 6.33. The van der Waals surface area contributed by atoms with Gasteiger partial charge in [0.15, 0.2) is 0 Å². The van der Waals surface area contributed by atoms with Crippen LogP contribution in [0.25, 0.3) is 0 Å². The predicted octanol–water partition coefficient (Wildman–Crippen LogP) is 8.88. The molecule has 2 rings (SSSR count). The van der Waals surface area contributed by atoms with Crippen molar-refractivity contribution in [2.24, 2.45) is 5.92 Å². The number of rotatable bonds is 26. The van der Waals surface area contributed by atoms with Gasteiger partial charge in [-0.25, -0.2) is 0 Å². The minimum atomic E-state index is -0.545. The van der Waals surface area contributed by atoms with E-state index in [0.29, 0.717) is 19.3 Å². The monoisotopic (exact) mass is 722 g/mol. The summed E-state index contributed by atoms with van der Waals surface area (Å²) in [5, 5.41) is 20.5. The first kappa shape index (κ1) is 44.1. The van der Waals surface area contributed by atoms with Gasteiger partial charge in [-0.2, -0.15) is 0 Å². The molecule has 0 aliphatic carbocycles. The first-order valence-electron chi connectivity index (χ1n) is 20.0. The molecule has 0 spiro atoms. The van der Waals surface area contributed by atoms with Crippen LogP contribution in [0.4, 0.5) is 0 Å². The number of carbonyl (C=O) groups excluding carboxylic acids is 4. The number of aryl methyl sites for hydroxylation is 2. The molecule has 10 heteroatoms. The van der Waals surface area contributed by atoms with Crippen molar-refractivity contribution in [3.63, 3.8) is 0 Å². The number of phenolic OH excluding ortho intramolecular Hbond substituents is 2. The zero-order valence-corrected chi connectivity index (χ0v) is 32.1. The molecule has 0 saturated carbocycles. The number of unbranched alkanes of at least 4 members (excludes halogenated alkanes) is 14. The molecular weight excluding hydrogens is 656 g/mol. The molecule has 0 bridgehead atoms. The molecule has 2 aromatic rings. The number of carbonyl (C=O) groups is 4. The first-order chi connectivity index (χ1) is 25.2. The Bertz CT molecular complexity index is 1360. The molecule has 0 aliphatic heterocycles. The Morgan fingerprint density at radius 1 is 0.538 bits per heavy atom. The molecule has 290 valence electrons. The largest absolute Gasteiger partial charge is 0.507 e. The number of phenols is 2. The van der Waals surface area contributed by atoms with Gasteiger partial charge in [-0.1, -0.05) is 123 Å². The summed E-state index contributed by atoms with van der Waals surface area (Å²) in [5.41, 5.74) is 12.1. The second-order valence-corrected chi connectivity index (χ2v) is 14.1. The average Bonchev–Trinajstić information content (AvgIpc) is 3.14. The maximum absolute atomic E-state index is 12.8. The fourth-order valence-corrected chi connectivity index (χ4v) is 6.33. The number of benzene rings is 2. The molecule has 0 heterocycles. The van der Waals surface area contributed by atoms with Crippen LogP contribution in [0.3, 0.4) is 0 Å². The van der Waals surface area contributed by atoms with Crippen molar-refractivity contribution in [3.05, 3.63) is 58.7 Å². The highest BCUT2D eigenvalue weighted by Crippen LogP contribution is 2.22. The Morgan fingerprint density at radius 3 is 1.48 bits per heavy atom. The molecule has 0 fully saturated rings. The molecule has 0 saturated heterocycles. The number of hydrogen-bond donors (Lipinski definition) is 6. The van der Waals surface area contributed by atoms with Crippen LogP contribution in [0.5, 0.6) is 11.5 Å². The van der Waals surface area contributed by atoms with Crippen LogP contribution in [0.2, 0.25) is 0 Å². The summed E-state index contributed by atoms with van der Waals surface area (Å²) in [6, 6.07) is 10.1. The highest BCUT2D eigenvalue weighted by molar-refractivity contribution is 5.98. The molecule has 4 amide bonds. The Kier molecular flexibility index (Phi) is 22.6. The topological polar surface area (TPSA) is 157 Å². The number of hydrazine groups is 2. The van der Waals surface area contributed by atoms with Gasteiger partial charge in [0.05, 0.1) is 11.1 Å². The molecule has 6 N–H and O–H groups in total. The highest BCUT2D eigenvalue weighted by Gasteiger charge is 2.19. The van der Waals surface area contributed by atoms with Gasteiger partial charge in [-0.3, -0.25) is 40.9 Å². The normalized spacial score (nSPS) is 11.5. The molecule has 1 atom stereocenters. The first-order valence-corrected chi connectivity index (χ1v) is 20.0. The third kappa shape index (κ3) is 17.9. The fraction of sp³-hybridized carbons (Fsp3) is 0.619. The van der Waals surface area contributed by atoms with Crippen LogP contribution in [-0.4, -0.2) is 33.8 Å². The zero-order chi connectivity index (χ0) is 38.0. The smallest absolute Gasteiger partial charge is 0.273 e. The van der Waals surface area contributed by atoms with E-state index in [1.54, 1.807) is 12.1 Å². The maximum Gasteiger partial charge on any atom is 0.273 e. The molecular formula is C42H66N4O6. The predicted molar refractivity (Wildman–Crippen MR) is 208 cm³/mol. The van der Waals surface area contributed by atoms with E-state index < -0.39 is 11.8 Å². The lowest BCUT2D eigenvalue weighted by atomic mass is 9.97. The summed E-state index contributed by atoms with van der Waals surface area (Å²) in [6.45, 7) is 6.33. The Hall–Kier alpha value is -4.08. The summed E-state index contributed by atoms with van der Waals surface area (Å²) in [7, 11) is 0. The van der Waals surface area contributed by atoms with E-state index in [1.807, 2.05) is 19.1 Å². The SMILES string of the molecule is CCCCCCCCc1ccc(O)c(C(=O)NNC(=O)CCCCCCCC(CC)C(=O)NNC(=O)c2cc(CCCCCCCC)ccc2O)c1. The van der Waals surface area contributed by atoms with Crippen LogP contribution < -0.4 is 21.7 Å². The molecule has 0 radical (unpaired) electrons.